The number of thiophene rings is 1. The second kappa shape index (κ2) is 8.34. The van der Waals surface area contributed by atoms with Gasteiger partial charge in [0.05, 0.1) is 10.6 Å². The van der Waals surface area contributed by atoms with Crippen molar-refractivity contribution in [2.24, 2.45) is 0 Å². The van der Waals surface area contributed by atoms with E-state index in [-0.39, 0.29) is 0 Å². The molecule has 1 aliphatic heterocycles. The highest BCUT2D eigenvalue weighted by Gasteiger charge is 2.18. The van der Waals surface area contributed by atoms with Crippen molar-refractivity contribution in [3.63, 3.8) is 0 Å². The van der Waals surface area contributed by atoms with E-state index in [1.807, 2.05) is 24.4 Å². The van der Waals surface area contributed by atoms with E-state index in [0.717, 1.165) is 49.0 Å². The minimum absolute atomic E-state index is 0.366. The minimum atomic E-state index is 0.366. The molecular weight excluding hydrogens is 396 g/mol. The Balaban J connectivity index is 1.62. The molecule has 0 saturated carbocycles. The number of anilines is 3. The maximum atomic E-state index is 6.21. The molecule has 4 heterocycles. The lowest BCUT2D eigenvalue weighted by molar-refractivity contribution is 0.311. The Morgan fingerprint density at radius 3 is 2.57 bits per heavy atom. The fraction of sp³-hybridized carbons (Fsp3) is 0.389. The van der Waals surface area contributed by atoms with E-state index in [4.69, 9.17) is 11.6 Å². The van der Waals surface area contributed by atoms with E-state index in [1.165, 1.54) is 0 Å². The summed E-state index contributed by atoms with van der Waals surface area (Å²) in [6, 6.07) is 5.72. The van der Waals surface area contributed by atoms with Crippen molar-refractivity contribution in [2.45, 2.75) is 13.3 Å². The summed E-state index contributed by atoms with van der Waals surface area (Å²) in [4.78, 5) is 28.0. The third-order valence-corrected chi connectivity index (χ3v) is 5.55. The molecule has 28 heavy (non-hydrogen) atoms. The first kappa shape index (κ1) is 19.0. The molecule has 1 aliphatic rings. The number of aryl methyl sites for hydroxylation is 1. The number of halogens is 1. The molecule has 4 rings (SSSR count). The molecule has 0 amide bonds. The fourth-order valence-electron chi connectivity index (χ4n) is 2.89. The second-order valence-corrected chi connectivity index (χ2v) is 7.86. The van der Waals surface area contributed by atoms with Crippen LogP contribution in [0.25, 0.3) is 10.6 Å². The molecule has 0 radical (unpaired) electrons. The molecule has 10 heteroatoms. The SMILES string of the molecule is CCc1nc(Nc2nc(Cl)cc(-c3cccs3)n2)nc(N2CCN(C)CC2)n1. The Kier molecular flexibility index (Phi) is 5.65. The van der Waals surface area contributed by atoms with Crippen molar-refractivity contribution in [2.75, 3.05) is 43.4 Å². The molecule has 1 saturated heterocycles. The van der Waals surface area contributed by atoms with Crippen LogP contribution in [0.5, 0.6) is 0 Å². The summed E-state index contributed by atoms with van der Waals surface area (Å²) in [7, 11) is 2.12. The monoisotopic (exact) mass is 416 g/mol. The number of likely N-dealkylation sites (N-methyl/N-ethyl adjacent to an activating group) is 1. The van der Waals surface area contributed by atoms with Gasteiger partial charge in [-0.05, 0) is 18.5 Å². The van der Waals surface area contributed by atoms with Gasteiger partial charge in [-0.15, -0.1) is 11.3 Å². The zero-order chi connectivity index (χ0) is 19.5. The van der Waals surface area contributed by atoms with Crippen LogP contribution in [0.4, 0.5) is 17.8 Å². The summed E-state index contributed by atoms with van der Waals surface area (Å²) in [6.07, 6.45) is 0.717. The van der Waals surface area contributed by atoms with Gasteiger partial charge in [-0.1, -0.05) is 24.6 Å². The summed E-state index contributed by atoms with van der Waals surface area (Å²) in [5.41, 5.74) is 0.765. The number of aromatic nitrogens is 5. The summed E-state index contributed by atoms with van der Waals surface area (Å²) in [5.74, 6) is 2.21. The van der Waals surface area contributed by atoms with Crippen LogP contribution in [0, 0.1) is 0 Å². The van der Waals surface area contributed by atoms with Crippen LogP contribution < -0.4 is 10.2 Å². The van der Waals surface area contributed by atoms with Gasteiger partial charge in [0.2, 0.25) is 17.8 Å². The van der Waals surface area contributed by atoms with Gasteiger partial charge in [-0.2, -0.15) is 15.0 Å². The van der Waals surface area contributed by atoms with Crippen LogP contribution in [-0.4, -0.2) is 63.0 Å². The average molecular weight is 417 g/mol. The molecule has 0 atom stereocenters. The van der Waals surface area contributed by atoms with Gasteiger partial charge in [-0.25, -0.2) is 9.97 Å². The van der Waals surface area contributed by atoms with Gasteiger partial charge in [0, 0.05) is 38.7 Å². The summed E-state index contributed by atoms with van der Waals surface area (Å²) < 4.78 is 0. The first-order valence-electron chi connectivity index (χ1n) is 9.14. The summed E-state index contributed by atoms with van der Waals surface area (Å²) in [5, 5.41) is 5.47. The van der Waals surface area contributed by atoms with Gasteiger partial charge >= 0.3 is 0 Å². The van der Waals surface area contributed by atoms with Crippen LogP contribution in [-0.2, 0) is 6.42 Å². The van der Waals surface area contributed by atoms with Crippen LogP contribution in [0.2, 0.25) is 5.15 Å². The highest BCUT2D eigenvalue weighted by atomic mass is 35.5. The van der Waals surface area contributed by atoms with Gasteiger partial charge in [0.25, 0.3) is 0 Å². The first-order chi connectivity index (χ1) is 13.6. The van der Waals surface area contributed by atoms with Gasteiger partial charge in [0.15, 0.2) is 0 Å². The number of nitrogens with one attached hydrogen (secondary N) is 1. The quantitative estimate of drug-likeness (QED) is 0.635. The third kappa shape index (κ3) is 4.37. The number of nitrogens with zero attached hydrogens (tertiary/aromatic N) is 7. The lowest BCUT2D eigenvalue weighted by Gasteiger charge is -2.32. The van der Waals surface area contributed by atoms with Gasteiger partial charge in [0.1, 0.15) is 11.0 Å². The van der Waals surface area contributed by atoms with E-state index >= 15 is 0 Å². The molecule has 3 aromatic heterocycles. The standard InChI is InChI=1S/C18H21ClN8S/c1-3-15-22-17(25-18(23-15)27-8-6-26(2)7-9-27)24-16-20-12(11-14(19)21-16)13-5-4-10-28-13/h4-5,10-11H,3,6-9H2,1-2H3,(H,20,21,22,23,24,25). The van der Waals surface area contributed by atoms with Crippen molar-refractivity contribution in [3.8, 4) is 10.6 Å². The number of piperazine rings is 1. The molecule has 3 aromatic rings. The normalized spacial score (nSPS) is 15.0. The Morgan fingerprint density at radius 1 is 1.07 bits per heavy atom. The molecule has 0 unspecified atom stereocenters. The van der Waals surface area contributed by atoms with Crippen LogP contribution in [0.3, 0.4) is 0 Å². The maximum Gasteiger partial charge on any atom is 0.234 e. The summed E-state index contributed by atoms with van der Waals surface area (Å²) in [6.45, 7) is 5.77. The Hall–Kier alpha value is -2.36. The third-order valence-electron chi connectivity index (χ3n) is 4.46. The van der Waals surface area contributed by atoms with Gasteiger partial charge in [-0.3, -0.25) is 5.32 Å². The fourth-order valence-corrected chi connectivity index (χ4v) is 3.76. The molecular formula is C18H21ClN8S. The first-order valence-corrected chi connectivity index (χ1v) is 10.4. The molecule has 0 spiro atoms. The molecule has 146 valence electrons. The van der Waals surface area contributed by atoms with Crippen LogP contribution >= 0.6 is 22.9 Å². The predicted molar refractivity (Wildman–Crippen MR) is 113 cm³/mol. The van der Waals surface area contributed by atoms with Gasteiger partial charge < -0.3 is 9.80 Å². The highest BCUT2D eigenvalue weighted by molar-refractivity contribution is 7.13. The van der Waals surface area contributed by atoms with E-state index in [2.05, 4.69) is 47.1 Å². The molecule has 0 aromatic carbocycles. The second-order valence-electron chi connectivity index (χ2n) is 6.52. The Morgan fingerprint density at radius 2 is 1.86 bits per heavy atom. The zero-order valence-electron chi connectivity index (χ0n) is 15.8. The molecule has 8 nitrogen and oxygen atoms in total. The Bertz CT molecular complexity index is 941. The average Bonchev–Trinajstić information content (AvgIpc) is 3.23. The van der Waals surface area contributed by atoms with E-state index in [9.17, 15) is 0 Å². The molecule has 0 aliphatic carbocycles. The van der Waals surface area contributed by atoms with Crippen molar-refractivity contribution < 1.29 is 0 Å². The van der Waals surface area contributed by atoms with E-state index < -0.39 is 0 Å². The molecule has 0 bridgehead atoms. The summed E-state index contributed by atoms with van der Waals surface area (Å²) >= 11 is 7.80. The highest BCUT2D eigenvalue weighted by Crippen LogP contribution is 2.26. The maximum absolute atomic E-state index is 6.21. The lowest BCUT2D eigenvalue weighted by atomic mass is 10.3. The van der Waals surface area contributed by atoms with Crippen molar-refractivity contribution >= 4 is 40.8 Å². The van der Waals surface area contributed by atoms with Crippen molar-refractivity contribution in [1.29, 1.82) is 0 Å². The molecule has 1 fully saturated rings. The lowest BCUT2D eigenvalue weighted by Crippen LogP contribution is -2.45. The van der Waals surface area contributed by atoms with Crippen LogP contribution in [0.1, 0.15) is 12.7 Å². The van der Waals surface area contributed by atoms with E-state index in [1.54, 1.807) is 17.4 Å². The smallest absolute Gasteiger partial charge is 0.234 e. The number of hydrogen-bond acceptors (Lipinski definition) is 9. The van der Waals surface area contributed by atoms with Crippen molar-refractivity contribution in [3.05, 3.63) is 34.6 Å². The van der Waals surface area contributed by atoms with Crippen LogP contribution in [0.15, 0.2) is 23.6 Å². The van der Waals surface area contributed by atoms with Crippen molar-refractivity contribution in [1.82, 2.24) is 29.8 Å². The topological polar surface area (TPSA) is 83.0 Å². The molecule has 1 N–H and O–H groups in total. The minimum Gasteiger partial charge on any atom is -0.338 e. The van der Waals surface area contributed by atoms with E-state index in [0.29, 0.717) is 23.0 Å². The largest absolute Gasteiger partial charge is 0.338 e. The predicted octanol–water partition coefficient (Wildman–Crippen LogP) is 3.10. The Labute approximate surface area is 172 Å². The number of rotatable bonds is 5. The number of hydrogen-bond donors (Lipinski definition) is 1. The zero-order valence-corrected chi connectivity index (χ0v) is 17.3.